The van der Waals surface area contributed by atoms with Crippen LogP contribution in [0.1, 0.15) is 31.2 Å². The van der Waals surface area contributed by atoms with Crippen LogP contribution in [0.5, 0.6) is 17.5 Å². The van der Waals surface area contributed by atoms with E-state index in [9.17, 15) is 4.79 Å². The average Bonchev–Trinajstić information content (AvgIpc) is 2.76. The van der Waals surface area contributed by atoms with Crippen molar-refractivity contribution in [2.75, 3.05) is 20.8 Å². The quantitative estimate of drug-likeness (QED) is 0.708. The van der Waals surface area contributed by atoms with Crippen molar-refractivity contribution in [3.8, 4) is 17.5 Å². The molecule has 1 aromatic carbocycles. The fraction of sp³-hybridized carbons (Fsp3) is 0.476. The molecule has 1 heterocycles. The zero-order valence-corrected chi connectivity index (χ0v) is 16.9. The van der Waals surface area contributed by atoms with Gasteiger partial charge in [0, 0.05) is 25.0 Å². The molecule has 2 amide bonds. The Hall–Kier alpha value is -3.03. The Morgan fingerprint density at radius 2 is 1.69 bits per heavy atom. The fourth-order valence-electron chi connectivity index (χ4n) is 3.37. The summed E-state index contributed by atoms with van der Waals surface area (Å²) in [4.78, 5) is 20.4. The van der Waals surface area contributed by atoms with Gasteiger partial charge in [0.2, 0.25) is 0 Å². The molecule has 1 aliphatic rings. The molecule has 0 atom stereocenters. The number of carbonyl (C=O) groups excluding carboxylic acids is 1. The molecule has 0 radical (unpaired) electrons. The summed E-state index contributed by atoms with van der Waals surface area (Å²) in [5.74, 6) is 1.64. The van der Waals surface area contributed by atoms with Gasteiger partial charge in [-0.2, -0.15) is 0 Å². The first-order chi connectivity index (χ1) is 14.2. The molecule has 1 aliphatic carbocycles. The Morgan fingerprint density at radius 3 is 2.34 bits per heavy atom. The van der Waals surface area contributed by atoms with Crippen LogP contribution in [0.15, 0.2) is 36.7 Å². The van der Waals surface area contributed by atoms with E-state index in [-0.39, 0.29) is 18.2 Å². The fourth-order valence-corrected chi connectivity index (χ4v) is 3.37. The van der Waals surface area contributed by atoms with Gasteiger partial charge < -0.3 is 24.8 Å². The van der Waals surface area contributed by atoms with Crippen LogP contribution < -0.4 is 24.8 Å². The Morgan fingerprint density at radius 1 is 1.00 bits per heavy atom. The Kier molecular flexibility index (Phi) is 7.49. The van der Waals surface area contributed by atoms with Gasteiger partial charge in [-0.1, -0.05) is 12.1 Å². The van der Waals surface area contributed by atoms with Crippen LogP contribution in [0, 0.1) is 0 Å². The van der Waals surface area contributed by atoms with Crippen LogP contribution in [0.3, 0.4) is 0 Å². The molecule has 1 aromatic heterocycles. The van der Waals surface area contributed by atoms with Crippen molar-refractivity contribution in [3.05, 3.63) is 42.2 Å². The summed E-state index contributed by atoms with van der Waals surface area (Å²) in [5, 5.41) is 5.98. The average molecular weight is 400 g/mol. The third kappa shape index (κ3) is 6.23. The second-order valence-electron chi connectivity index (χ2n) is 6.96. The number of nitrogens with zero attached hydrogens (tertiary/aromatic N) is 2. The Bertz CT molecular complexity index is 777. The lowest BCUT2D eigenvalue weighted by molar-refractivity contribution is 0.129. The highest BCUT2D eigenvalue weighted by Crippen LogP contribution is 2.27. The van der Waals surface area contributed by atoms with E-state index in [1.54, 1.807) is 26.6 Å². The predicted octanol–water partition coefficient (Wildman–Crippen LogP) is 2.73. The van der Waals surface area contributed by atoms with Crippen molar-refractivity contribution < 1.29 is 19.0 Å². The Balaban J connectivity index is 1.35. The first kappa shape index (κ1) is 20.7. The van der Waals surface area contributed by atoms with E-state index in [0.29, 0.717) is 18.3 Å². The Labute approximate surface area is 171 Å². The summed E-state index contributed by atoms with van der Waals surface area (Å²) in [6.45, 7) is 0.586. The van der Waals surface area contributed by atoms with Crippen molar-refractivity contribution in [2.24, 2.45) is 0 Å². The smallest absolute Gasteiger partial charge is 0.315 e. The highest BCUT2D eigenvalue weighted by molar-refractivity contribution is 5.74. The molecule has 8 nitrogen and oxygen atoms in total. The summed E-state index contributed by atoms with van der Waals surface area (Å²) in [7, 11) is 3.19. The maximum absolute atomic E-state index is 12.1. The summed E-state index contributed by atoms with van der Waals surface area (Å²) < 4.78 is 16.2. The lowest BCUT2D eigenvalue weighted by atomic mass is 9.93. The maximum Gasteiger partial charge on any atom is 0.315 e. The van der Waals surface area contributed by atoms with Crippen molar-refractivity contribution in [2.45, 2.75) is 44.2 Å². The summed E-state index contributed by atoms with van der Waals surface area (Å²) >= 11 is 0. The van der Waals surface area contributed by atoms with Gasteiger partial charge >= 0.3 is 6.03 Å². The van der Waals surface area contributed by atoms with Crippen LogP contribution in [0.25, 0.3) is 0 Å². The molecule has 2 N–H and O–H groups in total. The van der Waals surface area contributed by atoms with Crippen LogP contribution in [-0.4, -0.2) is 48.9 Å². The summed E-state index contributed by atoms with van der Waals surface area (Å²) in [6.07, 6.45) is 7.39. The van der Waals surface area contributed by atoms with E-state index in [1.807, 2.05) is 24.3 Å². The van der Waals surface area contributed by atoms with E-state index in [1.165, 1.54) is 0 Å². The molecular formula is C21H28N4O4. The number of ether oxygens (including phenoxy) is 3. The first-order valence-corrected chi connectivity index (χ1v) is 9.87. The monoisotopic (exact) mass is 400 g/mol. The number of hydrogen-bond donors (Lipinski definition) is 2. The summed E-state index contributed by atoms with van der Waals surface area (Å²) in [5.41, 5.74) is 1.16. The van der Waals surface area contributed by atoms with Gasteiger partial charge in [-0.15, -0.1) is 0 Å². The molecule has 29 heavy (non-hydrogen) atoms. The highest BCUT2D eigenvalue weighted by Gasteiger charge is 2.25. The predicted molar refractivity (Wildman–Crippen MR) is 108 cm³/mol. The largest absolute Gasteiger partial charge is 0.497 e. The molecule has 0 bridgehead atoms. The third-order valence-corrected chi connectivity index (χ3v) is 4.97. The number of amides is 2. The number of rotatable bonds is 8. The number of hydrogen-bond acceptors (Lipinski definition) is 6. The van der Waals surface area contributed by atoms with Crippen LogP contribution in [0.2, 0.25) is 0 Å². The van der Waals surface area contributed by atoms with E-state index < -0.39 is 0 Å². The molecule has 1 fully saturated rings. The van der Waals surface area contributed by atoms with Crippen LogP contribution >= 0.6 is 0 Å². The lowest BCUT2D eigenvalue weighted by Gasteiger charge is -2.29. The zero-order chi connectivity index (χ0) is 20.5. The molecule has 0 spiro atoms. The zero-order valence-electron chi connectivity index (χ0n) is 16.9. The standard InChI is InChI=1S/C21H28N4O4/c1-27-17-7-3-15(4-8-17)11-12-24-21(26)25-16-5-9-18(10-6-16)29-20-19(28-2)22-13-14-23-20/h3-4,7-8,13-14,16,18H,5-6,9-12H2,1-2H3,(H2,24,25,26). The lowest BCUT2D eigenvalue weighted by Crippen LogP contribution is -2.45. The molecule has 156 valence electrons. The minimum Gasteiger partial charge on any atom is -0.497 e. The summed E-state index contributed by atoms with van der Waals surface area (Å²) in [6, 6.07) is 7.88. The van der Waals surface area contributed by atoms with Crippen LogP contribution in [0.4, 0.5) is 4.79 Å². The van der Waals surface area contributed by atoms with Gasteiger partial charge in [0.05, 0.1) is 14.2 Å². The minimum atomic E-state index is -0.126. The number of benzene rings is 1. The highest BCUT2D eigenvalue weighted by atomic mass is 16.5. The van der Waals surface area contributed by atoms with Crippen LogP contribution in [-0.2, 0) is 6.42 Å². The van der Waals surface area contributed by atoms with E-state index >= 15 is 0 Å². The van der Waals surface area contributed by atoms with Gasteiger partial charge in [-0.25, -0.2) is 14.8 Å². The molecule has 2 aromatic rings. The number of aromatic nitrogens is 2. The topological polar surface area (TPSA) is 94.6 Å². The first-order valence-electron chi connectivity index (χ1n) is 9.87. The van der Waals surface area contributed by atoms with Gasteiger partial charge in [-0.05, 0) is 49.8 Å². The number of carbonyl (C=O) groups is 1. The van der Waals surface area contributed by atoms with Gasteiger partial charge in [0.1, 0.15) is 11.9 Å². The number of urea groups is 1. The maximum atomic E-state index is 12.1. The second-order valence-corrected chi connectivity index (χ2v) is 6.96. The van der Waals surface area contributed by atoms with Gasteiger partial charge in [-0.3, -0.25) is 0 Å². The molecular weight excluding hydrogens is 372 g/mol. The van der Waals surface area contributed by atoms with Crippen molar-refractivity contribution >= 4 is 6.03 Å². The minimum absolute atomic E-state index is 0.0526. The molecule has 0 saturated heterocycles. The van der Waals surface area contributed by atoms with Crippen molar-refractivity contribution in [1.82, 2.24) is 20.6 Å². The molecule has 8 heteroatoms. The molecule has 0 aliphatic heterocycles. The number of methoxy groups -OCH3 is 2. The number of nitrogens with one attached hydrogen (secondary N) is 2. The second kappa shape index (κ2) is 10.5. The van der Waals surface area contributed by atoms with Gasteiger partial charge in [0.25, 0.3) is 11.8 Å². The van der Waals surface area contributed by atoms with E-state index in [0.717, 1.165) is 43.4 Å². The third-order valence-electron chi connectivity index (χ3n) is 4.97. The van der Waals surface area contributed by atoms with E-state index in [4.69, 9.17) is 14.2 Å². The van der Waals surface area contributed by atoms with E-state index in [2.05, 4.69) is 20.6 Å². The van der Waals surface area contributed by atoms with Crippen molar-refractivity contribution in [1.29, 1.82) is 0 Å². The normalized spacial score (nSPS) is 18.6. The molecule has 3 rings (SSSR count). The van der Waals surface area contributed by atoms with Gasteiger partial charge in [0.15, 0.2) is 0 Å². The molecule has 0 unspecified atom stereocenters. The SMILES string of the molecule is COc1ccc(CCNC(=O)NC2CCC(Oc3nccnc3OC)CC2)cc1. The molecule has 1 saturated carbocycles. The van der Waals surface area contributed by atoms with Crippen molar-refractivity contribution in [3.63, 3.8) is 0 Å².